The molecule has 0 amide bonds. The molecule has 1 fully saturated rings. The highest BCUT2D eigenvalue weighted by Crippen LogP contribution is 2.41. The number of hydrogen-bond acceptors (Lipinski definition) is 2. The number of alkyl halides is 3. The molecule has 2 atom stereocenters. The first-order chi connectivity index (χ1) is 11.7. The molecule has 0 aromatic carbocycles. The van der Waals surface area contributed by atoms with Crippen molar-refractivity contribution in [1.29, 1.82) is 0 Å². The summed E-state index contributed by atoms with van der Waals surface area (Å²) in [5, 5.41) is 10.6. The molecule has 0 saturated heterocycles. The van der Waals surface area contributed by atoms with Crippen LogP contribution in [0.15, 0.2) is 4.99 Å². The van der Waals surface area contributed by atoms with Gasteiger partial charge in [0.25, 0.3) is 0 Å². The van der Waals surface area contributed by atoms with Crippen molar-refractivity contribution in [2.24, 2.45) is 23.9 Å². The molecule has 1 heterocycles. The normalized spacial score (nSPS) is 21.3. The summed E-state index contributed by atoms with van der Waals surface area (Å²) in [5.74, 6) is -1.09. The number of halogens is 4. The van der Waals surface area contributed by atoms with Crippen molar-refractivity contribution in [3.8, 4) is 0 Å². The third kappa shape index (κ3) is 5.75. The topological polar surface area (TPSA) is 54.2 Å². The monoisotopic (exact) mass is 487 g/mol. The van der Waals surface area contributed by atoms with Crippen LogP contribution < -0.4 is 10.6 Å². The second kappa shape index (κ2) is 9.80. The maximum Gasteiger partial charge on any atom is 0.392 e. The average molecular weight is 487 g/mol. The zero-order valence-corrected chi connectivity index (χ0v) is 18.1. The molecule has 2 N–H and O–H groups in total. The number of hydrogen-bond donors (Lipinski definition) is 2. The van der Waals surface area contributed by atoms with Gasteiger partial charge in [0.15, 0.2) is 5.96 Å². The van der Waals surface area contributed by atoms with E-state index in [1.165, 1.54) is 0 Å². The molecule has 26 heavy (non-hydrogen) atoms. The number of aliphatic imine (C=N–C) groups is 1. The molecule has 2 rings (SSSR count). The summed E-state index contributed by atoms with van der Waals surface area (Å²) in [7, 11) is 3.51. The Kier molecular flexibility index (Phi) is 8.68. The van der Waals surface area contributed by atoms with Gasteiger partial charge in [-0.05, 0) is 32.6 Å². The van der Waals surface area contributed by atoms with Gasteiger partial charge in [-0.15, -0.1) is 24.0 Å². The second-order valence-corrected chi connectivity index (χ2v) is 6.77. The Morgan fingerprint density at radius 2 is 1.88 bits per heavy atom. The quantitative estimate of drug-likeness (QED) is 0.387. The van der Waals surface area contributed by atoms with Crippen molar-refractivity contribution in [1.82, 2.24) is 20.4 Å². The number of aryl methyl sites for hydroxylation is 2. The SMILES string of the molecule is CN=C(NCc1c(C)nn(C)c1C)NCC1CCCCC1C(F)(F)F.I. The van der Waals surface area contributed by atoms with Crippen LogP contribution in [0.25, 0.3) is 0 Å². The van der Waals surface area contributed by atoms with Crippen LogP contribution in [0.2, 0.25) is 0 Å². The molecule has 0 spiro atoms. The number of guanidine groups is 1. The second-order valence-electron chi connectivity index (χ2n) is 6.77. The summed E-state index contributed by atoms with van der Waals surface area (Å²) in [6, 6.07) is 0. The lowest BCUT2D eigenvalue weighted by Gasteiger charge is -2.33. The highest BCUT2D eigenvalue weighted by Gasteiger charge is 2.45. The standard InChI is InChI=1S/C17H28F3N5.HI/c1-11-14(12(2)25(4)24-11)10-23-16(21-3)22-9-13-7-5-6-8-15(13)17(18,19)20;/h13,15H,5-10H2,1-4H3,(H2,21,22,23);1H. The fourth-order valence-corrected chi connectivity index (χ4v) is 3.58. The lowest BCUT2D eigenvalue weighted by molar-refractivity contribution is -0.195. The van der Waals surface area contributed by atoms with E-state index in [9.17, 15) is 13.2 Å². The van der Waals surface area contributed by atoms with Crippen LogP contribution in [0, 0.1) is 25.7 Å². The van der Waals surface area contributed by atoms with Gasteiger partial charge >= 0.3 is 6.18 Å². The molecule has 0 bridgehead atoms. The molecule has 5 nitrogen and oxygen atoms in total. The van der Waals surface area contributed by atoms with E-state index in [-0.39, 0.29) is 36.9 Å². The fraction of sp³-hybridized carbons (Fsp3) is 0.765. The Hall–Kier alpha value is -1.00. The number of nitrogens with one attached hydrogen (secondary N) is 2. The van der Waals surface area contributed by atoms with Crippen molar-refractivity contribution in [3.63, 3.8) is 0 Å². The lowest BCUT2D eigenvalue weighted by Crippen LogP contribution is -2.44. The Bertz CT molecular complexity index is 612. The van der Waals surface area contributed by atoms with Crippen LogP contribution in [0.5, 0.6) is 0 Å². The minimum absolute atomic E-state index is 0. The van der Waals surface area contributed by atoms with Crippen molar-refractivity contribution < 1.29 is 13.2 Å². The number of rotatable bonds is 4. The first-order valence-corrected chi connectivity index (χ1v) is 8.74. The van der Waals surface area contributed by atoms with Gasteiger partial charge in [-0.3, -0.25) is 9.67 Å². The van der Waals surface area contributed by atoms with Gasteiger partial charge in [0.05, 0.1) is 11.6 Å². The van der Waals surface area contributed by atoms with Crippen LogP contribution in [-0.4, -0.2) is 35.5 Å². The summed E-state index contributed by atoms with van der Waals surface area (Å²) < 4.78 is 41.3. The Morgan fingerprint density at radius 1 is 1.23 bits per heavy atom. The first-order valence-electron chi connectivity index (χ1n) is 8.74. The van der Waals surface area contributed by atoms with E-state index in [4.69, 9.17) is 0 Å². The molecule has 150 valence electrons. The summed E-state index contributed by atoms with van der Waals surface area (Å²) in [6.07, 6.45) is -1.76. The molecule has 0 radical (unpaired) electrons. The van der Waals surface area contributed by atoms with Crippen molar-refractivity contribution in [3.05, 3.63) is 17.0 Å². The molecule has 1 aliphatic carbocycles. The van der Waals surface area contributed by atoms with Gasteiger partial charge in [0.2, 0.25) is 0 Å². The van der Waals surface area contributed by atoms with Gasteiger partial charge in [0.1, 0.15) is 0 Å². The molecule has 1 aromatic rings. The predicted molar refractivity (Wildman–Crippen MR) is 108 cm³/mol. The van der Waals surface area contributed by atoms with Gasteiger partial charge in [-0.25, -0.2) is 0 Å². The maximum absolute atomic E-state index is 13.2. The first kappa shape index (κ1) is 23.0. The predicted octanol–water partition coefficient (Wildman–Crippen LogP) is 3.69. The van der Waals surface area contributed by atoms with E-state index in [1.54, 1.807) is 7.05 Å². The summed E-state index contributed by atoms with van der Waals surface area (Å²) in [6.45, 7) is 4.76. The van der Waals surface area contributed by atoms with E-state index in [1.807, 2.05) is 25.6 Å². The molecule has 0 aliphatic heterocycles. The highest BCUT2D eigenvalue weighted by atomic mass is 127. The Morgan fingerprint density at radius 3 is 2.42 bits per heavy atom. The largest absolute Gasteiger partial charge is 0.392 e. The minimum Gasteiger partial charge on any atom is -0.356 e. The molecular weight excluding hydrogens is 458 g/mol. The molecule has 2 unspecified atom stereocenters. The third-order valence-corrected chi connectivity index (χ3v) is 5.18. The lowest BCUT2D eigenvalue weighted by atomic mass is 9.79. The van der Waals surface area contributed by atoms with Crippen molar-refractivity contribution in [2.45, 2.75) is 52.3 Å². The van der Waals surface area contributed by atoms with Crippen LogP contribution in [0.3, 0.4) is 0 Å². The molecule has 9 heteroatoms. The van der Waals surface area contributed by atoms with Crippen molar-refractivity contribution in [2.75, 3.05) is 13.6 Å². The summed E-state index contributed by atoms with van der Waals surface area (Å²) >= 11 is 0. The smallest absolute Gasteiger partial charge is 0.356 e. The molecule has 1 aromatic heterocycles. The van der Waals surface area contributed by atoms with Gasteiger partial charge in [-0.1, -0.05) is 12.8 Å². The molecule has 1 saturated carbocycles. The zero-order chi connectivity index (χ0) is 18.6. The van der Waals surface area contributed by atoms with Crippen LogP contribution >= 0.6 is 24.0 Å². The van der Waals surface area contributed by atoms with Crippen LogP contribution in [0.1, 0.15) is 42.6 Å². The fourth-order valence-electron chi connectivity index (χ4n) is 3.58. The van der Waals surface area contributed by atoms with Gasteiger partial charge < -0.3 is 10.6 Å². The van der Waals surface area contributed by atoms with Gasteiger partial charge in [0, 0.05) is 38.4 Å². The number of nitrogens with zero attached hydrogens (tertiary/aromatic N) is 3. The van der Waals surface area contributed by atoms with E-state index in [0.29, 0.717) is 25.3 Å². The zero-order valence-electron chi connectivity index (χ0n) is 15.8. The maximum atomic E-state index is 13.2. The Balaban J connectivity index is 0.00000338. The van der Waals surface area contributed by atoms with Crippen LogP contribution in [0.4, 0.5) is 13.2 Å². The highest BCUT2D eigenvalue weighted by molar-refractivity contribution is 14.0. The third-order valence-electron chi connectivity index (χ3n) is 5.18. The Labute approximate surface area is 170 Å². The average Bonchev–Trinajstić information content (AvgIpc) is 2.80. The molecule has 1 aliphatic rings. The summed E-state index contributed by atoms with van der Waals surface area (Å²) in [4.78, 5) is 4.13. The minimum atomic E-state index is -4.12. The van der Waals surface area contributed by atoms with E-state index >= 15 is 0 Å². The van der Waals surface area contributed by atoms with E-state index < -0.39 is 18.0 Å². The molecular formula is C17H29F3IN5. The number of aromatic nitrogens is 2. The summed E-state index contributed by atoms with van der Waals surface area (Å²) in [5.41, 5.74) is 3.08. The van der Waals surface area contributed by atoms with E-state index in [0.717, 1.165) is 23.4 Å². The van der Waals surface area contributed by atoms with Gasteiger partial charge in [-0.2, -0.15) is 18.3 Å². The van der Waals surface area contributed by atoms with Crippen LogP contribution in [-0.2, 0) is 13.6 Å². The van der Waals surface area contributed by atoms with Crippen molar-refractivity contribution >= 4 is 29.9 Å². The van der Waals surface area contributed by atoms with E-state index in [2.05, 4.69) is 20.7 Å².